The lowest BCUT2D eigenvalue weighted by Crippen LogP contribution is -2.38. The van der Waals surface area contributed by atoms with Crippen LogP contribution in [-0.2, 0) is 12.7 Å². The largest absolute Gasteiger partial charge is 0.416 e. The minimum absolute atomic E-state index is 0.144. The molecule has 1 atom stereocenters. The number of alkyl halides is 3. The van der Waals surface area contributed by atoms with Gasteiger partial charge in [-0.2, -0.15) is 13.2 Å². The number of hydrogen-bond acceptors (Lipinski definition) is 3. The Labute approximate surface area is 144 Å². The quantitative estimate of drug-likeness (QED) is 0.777. The standard InChI is InChI=1S/C19H19F3N2O/c20-19(21,22)17-5-1-3-15(11-17)18(25)16-4-2-10-24(13-16)12-14-6-8-23-9-7-14/h1,3,5-9,11,16H,2,4,10,12-13H2. The number of Topliss-reactive ketones (excluding diaryl/α,β-unsaturated/α-hetero) is 1. The zero-order valence-corrected chi connectivity index (χ0v) is 13.7. The number of carbonyl (C=O) groups excluding carboxylic acids is 1. The summed E-state index contributed by atoms with van der Waals surface area (Å²) in [6.45, 7) is 2.17. The van der Waals surface area contributed by atoms with Crippen LogP contribution in [0.5, 0.6) is 0 Å². The number of hydrogen-bond donors (Lipinski definition) is 0. The lowest BCUT2D eigenvalue weighted by atomic mass is 9.89. The number of aromatic nitrogens is 1. The van der Waals surface area contributed by atoms with Gasteiger partial charge in [-0.05, 0) is 49.2 Å². The van der Waals surface area contributed by atoms with Crippen LogP contribution in [-0.4, -0.2) is 28.8 Å². The third-order valence-electron chi connectivity index (χ3n) is 4.51. The molecule has 132 valence electrons. The van der Waals surface area contributed by atoms with Crippen molar-refractivity contribution in [1.29, 1.82) is 0 Å². The van der Waals surface area contributed by atoms with Crippen LogP contribution in [0.25, 0.3) is 0 Å². The van der Waals surface area contributed by atoms with Crippen molar-refractivity contribution < 1.29 is 18.0 Å². The highest BCUT2D eigenvalue weighted by Crippen LogP contribution is 2.30. The fraction of sp³-hybridized carbons (Fsp3) is 0.368. The minimum Gasteiger partial charge on any atom is -0.298 e. The van der Waals surface area contributed by atoms with Gasteiger partial charge in [0.05, 0.1) is 5.56 Å². The zero-order valence-electron chi connectivity index (χ0n) is 13.7. The van der Waals surface area contributed by atoms with Gasteiger partial charge in [0.1, 0.15) is 0 Å². The summed E-state index contributed by atoms with van der Waals surface area (Å²) in [5, 5.41) is 0. The van der Waals surface area contributed by atoms with E-state index in [4.69, 9.17) is 0 Å². The van der Waals surface area contributed by atoms with Gasteiger partial charge in [-0.25, -0.2) is 0 Å². The second-order valence-corrected chi connectivity index (χ2v) is 6.37. The first-order valence-corrected chi connectivity index (χ1v) is 8.26. The maximum Gasteiger partial charge on any atom is 0.416 e. The number of pyridine rings is 1. The summed E-state index contributed by atoms with van der Waals surface area (Å²) in [6, 6.07) is 8.58. The zero-order chi connectivity index (χ0) is 17.9. The van der Waals surface area contributed by atoms with E-state index in [0.717, 1.165) is 37.2 Å². The Hall–Kier alpha value is -2.21. The Kier molecular flexibility index (Phi) is 5.18. The second-order valence-electron chi connectivity index (χ2n) is 6.37. The van der Waals surface area contributed by atoms with Gasteiger partial charge in [-0.3, -0.25) is 14.7 Å². The summed E-state index contributed by atoms with van der Waals surface area (Å²) >= 11 is 0. The van der Waals surface area contributed by atoms with Crippen molar-refractivity contribution in [2.45, 2.75) is 25.6 Å². The molecule has 0 aliphatic carbocycles. The van der Waals surface area contributed by atoms with Crippen molar-refractivity contribution in [1.82, 2.24) is 9.88 Å². The Morgan fingerprint density at radius 1 is 1.20 bits per heavy atom. The molecule has 1 fully saturated rings. The number of carbonyl (C=O) groups is 1. The molecule has 0 saturated carbocycles. The van der Waals surface area contributed by atoms with E-state index in [1.807, 2.05) is 12.1 Å². The lowest BCUT2D eigenvalue weighted by Gasteiger charge is -2.32. The number of ketones is 1. The molecule has 25 heavy (non-hydrogen) atoms. The number of nitrogens with zero attached hydrogens (tertiary/aromatic N) is 2. The topological polar surface area (TPSA) is 33.2 Å². The molecule has 0 amide bonds. The third kappa shape index (κ3) is 4.45. The molecule has 0 radical (unpaired) electrons. The normalized spacial score (nSPS) is 18.9. The number of halogens is 3. The van der Waals surface area contributed by atoms with E-state index in [1.165, 1.54) is 12.1 Å². The smallest absolute Gasteiger partial charge is 0.298 e. The monoisotopic (exact) mass is 348 g/mol. The van der Waals surface area contributed by atoms with Crippen LogP contribution in [0.3, 0.4) is 0 Å². The molecule has 6 heteroatoms. The number of piperidine rings is 1. The minimum atomic E-state index is -4.43. The van der Waals surface area contributed by atoms with Gasteiger partial charge < -0.3 is 0 Å². The molecule has 3 rings (SSSR count). The molecular weight excluding hydrogens is 329 g/mol. The van der Waals surface area contributed by atoms with E-state index in [0.29, 0.717) is 13.0 Å². The predicted octanol–water partition coefficient (Wildman–Crippen LogP) is 4.20. The van der Waals surface area contributed by atoms with E-state index in [2.05, 4.69) is 9.88 Å². The molecule has 2 aromatic rings. The van der Waals surface area contributed by atoms with Crippen LogP contribution in [0.4, 0.5) is 13.2 Å². The van der Waals surface area contributed by atoms with Gasteiger partial charge in [0.2, 0.25) is 0 Å². The summed E-state index contributed by atoms with van der Waals surface area (Å²) in [7, 11) is 0. The first-order valence-electron chi connectivity index (χ1n) is 8.26. The van der Waals surface area contributed by atoms with Crippen molar-refractivity contribution in [2.75, 3.05) is 13.1 Å². The van der Waals surface area contributed by atoms with Gasteiger partial charge in [0.25, 0.3) is 0 Å². The summed E-state index contributed by atoms with van der Waals surface area (Å²) in [6.07, 6.45) is 0.591. The molecule has 0 N–H and O–H groups in total. The lowest BCUT2D eigenvalue weighted by molar-refractivity contribution is -0.137. The number of rotatable bonds is 4. The summed E-state index contributed by atoms with van der Waals surface area (Å²) < 4.78 is 38.6. The van der Waals surface area contributed by atoms with Crippen molar-refractivity contribution in [3.8, 4) is 0 Å². The number of benzene rings is 1. The second kappa shape index (κ2) is 7.35. The van der Waals surface area contributed by atoms with Crippen LogP contribution < -0.4 is 0 Å². The van der Waals surface area contributed by atoms with Crippen LogP contribution in [0.1, 0.15) is 34.3 Å². The van der Waals surface area contributed by atoms with E-state index in [-0.39, 0.29) is 17.3 Å². The van der Waals surface area contributed by atoms with Gasteiger partial charge >= 0.3 is 6.18 Å². The molecule has 1 aromatic heterocycles. The van der Waals surface area contributed by atoms with Gasteiger partial charge in [0.15, 0.2) is 5.78 Å². The van der Waals surface area contributed by atoms with Crippen LogP contribution in [0.2, 0.25) is 0 Å². The van der Waals surface area contributed by atoms with Crippen LogP contribution >= 0.6 is 0 Å². The Bertz CT molecular complexity index is 731. The first kappa shape index (κ1) is 17.6. The van der Waals surface area contributed by atoms with E-state index in [1.54, 1.807) is 12.4 Å². The highest BCUT2D eigenvalue weighted by atomic mass is 19.4. The molecule has 0 spiro atoms. The van der Waals surface area contributed by atoms with Gasteiger partial charge in [-0.15, -0.1) is 0 Å². The molecule has 1 unspecified atom stereocenters. The molecule has 0 bridgehead atoms. The van der Waals surface area contributed by atoms with Crippen molar-refractivity contribution in [2.24, 2.45) is 5.92 Å². The molecule has 3 nitrogen and oxygen atoms in total. The van der Waals surface area contributed by atoms with Gasteiger partial charge in [-0.1, -0.05) is 12.1 Å². The molecule has 1 aromatic carbocycles. The third-order valence-corrected chi connectivity index (χ3v) is 4.51. The van der Waals surface area contributed by atoms with Crippen LogP contribution in [0.15, 0.2) is 48.8 Å². The average molecular weight is 348 g/mol. The molecule has 2 heterocycles. The fourth-order valence-electron chi connectivity index (χ4n) is 3.24. The molecular formula is C19H19F3N2O. The predicted molar refractivity (Wildman–Crippen MR) is 88.0 cm³/mol. The Morgan fingerprint density at radius 2 is 1.96 bits per heavy atom. The summed E-state index contributed by atoms with van der Waals surface area (Å²) in [5.41, 5.74) is 0.482. The molecule has 1 aliphatic rings. The Morgan fingerprint density at radius 3 is 2.68 bits per heavy atom. The average Bonchev–Trinajstić information content (AvgIpc) is 2.61. The van der Waals surface area contributed by atoms with E-state index in [9.17, 15) is 18.0 Å². The highest BCUT2D eigenvalue weighted by Gasteiger charge is 2.32. The number of likely N-dealkylation sites (tertiary alicyclic amines) is 1. The molecule has 1 saturated heterocycles. The Balaban J connectivity index is 1.70. The maximum absolute atomic E-state index is 12.9. The summed E-state index contributed by atoms with van der Waals surface area (Å²) in [4.78, 5) is 18.8. The maximum atomic E-state index is 12.9. The fourth-order valence-corrected chi connectivity index (χ4v) is 3.24. The van der Waals surface area contributed by atoms with Crippen molar-refractivity contribution in [3.63, 3.8) is 0 Å². The first-order chi connectivity index (χ1) is 11.9. The SMILES string of the molecule is O=C(c1cccc(C(F)(F)F)c1)C1CCCN(Cc2ccncc2)C1. The highest BCUT2D eigenvalue weighted by molar-refractivity contribution is 5.98. The summed E-state index contributed by atoms with van der Waals surface area (Å²) in [5.74, 6) is -0.468. The van der Waals surface area contributed by atoms with E-state index >= 15 is 0 Å². The van der Waals surface area contributed by atoms with Gasteiger partial charge in [0, 0.05) is 37.0 Å². The van der Waals surface area contributed by atoms with Crippen molar-refractivity contribution in [3.05, 3.63) is 65.5 Å². The van der Waals surface area contributed by atoms with Crippen molar-refractivity contribution >= 4 is 5.78 Å². The van der Waals surface area contributed by atoms with Crippen LogP contribution in [0, 0.1) is 5.92 Å². The molecule has 1 aliphatic heterocycles. The van der Waals surface area contributed by atoms with E-state index < -0.39 is 11.7 Å².